The molecule has 1 aromatic carbocycles. The quantitative estimate of drug-likeness (QED) is 0.529. The van der Waals surface area contributed by atoms with Gasteiger partial charge in [0.05, 0.1) is 0 Å². The Balaban J connectivity index is 2.64. The molecule has 1 rings (SSSR count). The maximum Gasteiger partial charge on any atom is 0.168 e. The van der Waals surface area contributed by atoms with Gasteiger partial charge in [0.1, 0.15) is 0 Å². The SMILES string of the molecule is CCN=C(C)CC(=O)c1ccccc1. The van der Waals surface area contributed by atoms with E-state index < -0.39 is 0 Å². The maximum atomic E-state index is 11.6. The molecule has 0 aromatic heterocycles. The van der Waals surface area contributed by atoms with Gasteiger partial charge in [-0.3, -0.25) is 9.79 Å². The van der Waals surface area contributed by atoms with Crippen molar-refractivity contribution in [3.05, 3.63) is 35.9 Å². The molecule has 2 nitrogen and oxygen atoms in total. The first-order valence-electron chi connectivity index (χ1n) is 4.82. The van der Waals surface area contributed by atoms with Crippen molar-refractivity contribution in [1.82, 2.24) is 0 Å². The van der Waals surface area contributed by atoms with Crippen LogP contribution < -0.4 is 0 Å². The molecule has 0 N–H and O–H groups in total. The number of benzene rings is 1. The highest BCUT2D eigenvalue weighted by Gasteiger charge is 2.05. The van der Waals surface area contributed by atoms with E-state index in [0.717, 1.165) is 17.8 Å². The third-order valence-electron chi connectivity index (χ3n) is 1.94. The van der Waals surface area contributed by atoms with Crippen LogP contribution in [0.25, 0.3) is 0 Å². The molecule has 0 radical (unpaired) electrons. The normalized spacial score (nSPS) is 11.4. The number of hydrogen-bond donors (Lipinski definition) is 0. The molecular formula is C12H15NO. The summed E-state index contributed by atoms with van der Waals surface area (Å²) in [7, 11) is 0. The molecule has 0 bridgehead atoms. The van der Waals surface area contributed by atoms with Crippen LogP contribution in [0.3, 0.4) is 0 Å². The van der Waals surface area contributed by atoms with Crippen molar-refractivity contribution in [3.8, 4) is 0 Å². The molecule has 2 heteroatoms. The lowest BCUT2D eigenvalue weighted by atomic mass is 10.1. The van der Waals surface area contributed by atoms with E-state index >= 15 is 0 Å². The van der Waals surface area contributed by atoms with Gasteiger partial charge in [-0.15, -0.1) is 0 Å². The van der Waals surface area contributed by atoms with E-state index in [1.54, 1.807) is 0 Å². The van der Waals surface area contributed by atoms with Gasteiger partial charge in [0.2, 0.25) is 0 Å². The van der Waals surface area contributed by atoms with Crippen molar-refractivity contribution in [3.63, 3.8) is 0 Å². The Bertz CT molecular complexity index is 327. The van der Waals surface area contributed by atoms with Crippen LogP contribution >= 0.6 is 0 Å². The van der Waals surface area contributed by atoms with Crippen LogP contribution in [0.15, 0.2) is 35.3 Å². The summed E-state index contributed by atoms with van der Waals surface area (Å²) in [5.74, 6) is 0.139. The van der Waals surface area contributed by atoms with Crippen LogP contribution in [0.2, 0.25) is 0 Å². The minimum atomic E-state index is 0.139. The molecule has 0 aliphatic rings. The molecule has 74 valence electrons. The van der Waals surface area contributed by atoms with Crippen molar-refractivity contribution in [1.29, 1.82) is 0 Å². The average molecular weight is 189 g/mol. The number of nitrogens with zero attached hydrogens (tertiary/aromatic N) is 1. The van der Waals surface area contributed by atoms with Gasteiger partial charge in [-0.25, -0.2) is 0 Å². The number of Topliss-reactive ketones (excluding diaryl/α,β-unsaturated/α-hetero) is 1. The molecular weight excluding hydrogens is 174 g/mol. The zero-order valence-corrected chi connectivity index (χ0v) is 8.66. The van der Waals surface area contributed by atoms with Crippen LogP contribution in [-0.4, -0.2) is 18.0 Å². The topological polar surface area (TPSA) is 29.4 Å². The van der Waals surface area contributed by atoms with Crippen molar-refractivity contribution in [2.24, 2.45) is 4.99 Å². The van der Waals surface area contributed by atoms with Crippen molar-refractivity contribution in [2.75, 3.05) is 6.54 Å². The zero-order valence-electron chi connectivity index (χ0n) is 8.66. The number of carbonyl (C=O) groups is 1. The van der Waals surface area contributed by atoms with Gasteiger partial charge in [0.15, 0.2) is 5.78 Å². The molecule has 0 spiro atoms. The fourth-order valence-electron chi connectivity index (χ4n) is 1.28. The second-order valence-electron chi connectivity index (χ2n) is 3.18. The van der Waals surface area contributed by atoms with Gasteiger partial charge < -0.3 is 0 Å². The molecule has 1 aromatic rings. The Hall–Kier alpha value is -1.44. The van der Waals surface area contributed by atoms with Gasteiger partial charge in [0, 0.05) is 24.2 Å². The monoisotopic (exact) mass is 189 g/mol. The molecule has 0 saturated carbocycles. The standard InChI is InChI=1S/C12H15NO/c1-3-13-10(2)9-12(14)11-7-5-4-6-8-11/h4-8H,3,9H2,1-2H3. The molecule has 0 saturated heterocycles. The third-order valence-corrected chi connectivity index (χ3v) is 1.94. The Kier molecular flexibility index (Phi) is 4.05. The number of aliphatic imine (C=N–C) groups is 1. The van der Waals surface area contributed by atoms with E-state index in [1.165, 1.54) is 0 Å². The highest BCUT2D eigenvalue weighted by molar-refractivity contribution is 6.08. The van der Waals surface area contributed by atoms with E-state index in [2.05, 4.69) is 4.99 Å². The second-order valence-corrected chi connectivity index (χ2v) is 3.18. The lowest BCUT2D eigenvalue weighted by Crippen LogP contribution is -2.05. The van der Waals surface area contributed by atoms with Gasteiger partial charge in [0.25, 0.3) is 0 Å². The van der Waals surface area contributed by atoms with E-state index in [9.17, 15) is 4.79 Å². The van der Waals surface area contributed by atoms with Crippen molar-refractivity contribution >= 4 is 11.5 Å². The first kappa shape index (κ1) is 10.6. The first-order chi connectivity index (χ1) is 6.74. The summed E-state index contributed by atoms with van der Waals surface area (Å²) >= 11 is 0. The van der Waals surface area contributed by atoms with Crippen LogP contribution in [-0.2, 0) is 0 Å². The number of hydrogen-bond acceptors (Lipinski definition) is 2. The van der Waals surface area contributed by atoms with Crippen LogP contribution in [0.5, 0.6) is 0 Å². The summed E-state index contributed by atoms with van der Waals surface area (Å²) in [5, 5.41) is 0. The third kappa shape index (κ3) is 3.13. The average Bonchev–Trinajstić information content (AvgIpc) is 2.19. The smallest absolute Gasteiger partial charge is 0.168 e. The van der Waals surface area contributed by atoms with E-state index in [0.29, 0.717) is 6.42 Å². The van der Waals surface area contributed by atoms with Crippen LogP contribution in [0.1, 0.15) is 30.6 Å². The second kappa shape index (κ2) is 5.32. The molecule has 0 aliphatic heterocycles. The number of carbonyl (C=O) groups excluding carboxylic acids is 1. The van der Waals surface area contributed by atoms with Crippen LogP contribution in [0, 0.1) is 0 Å². The summed E-state index contributed by atoms with van der Waals surface area (Å²) < 4.78 is 0. The highest BCUT2D eigenvalue weighted by Crippen LogP contribution is 2.03. The molecule has 0 aliphatic carbocycles. The minimum absolute atomic E-state index is 0.139. The summed E-state index contributed by atoms with van der Waals surface area (Å²) in [5.41, 5.74) is 1.67. The summed E-state index contributed by atoms with van der Waals surface area (Å²) in [6, 6.07) is 9.33. The fraction of sp³-hybridized carbons (Fsp3) is 0.333. The first-order valence-corrected chi connectivity index (χ1v) is 4.82. The fourth-order valence-corrected chi connectivity index (χ4v) is 1.28. The molecule has 0 heterocycles. The molecule has 0 atom stereocenters. The van der Waals surface area contributed by atoms with Crippen LogP contribution in [0.4, 0.5) is 0 Å². The Morgan fingerprint density at radius 1 is 1.29 bits per heavy atom. The lowest BCUT2D eigenvalue weighted by Gasteiger charge is -1.99. The van der Waals surface area contributed by atoms with Gasteiger partial charge >= 0.3 is 0 Å². The van der Waals surface area contributed by atoms with Crippen molar-refractivity contribution in [2.45, 2.75) is 20.3 Å². The maximum absolute atomic E-state index is 11.6. The predicted octanol–water partition coefficient (Wildman–Crippen LogP) is 2.74. The minimum Gasteiger partial charge on any atom is -0.294 e. The van der Waals surface area contributed by atoms with E-state index in [4.69, 9.17) is 0 Å². The van der Waals surface area contributed by atoms with Gasteiger partial charge in [-0.05, 0) is 13.8 Å². The Labute approximate surface area is 84.7 Å². The Morgan fingerprint density at radius 2 is 1.93 bits per heavy atom. The van der Waals surface area contributed by atoms with E-state index in [-0.39, 0.29) is 5.78 Å². The zero-order chi connectivity index (χ0) is 10.4. The molecule has 14 heavy (non-hydrogen) atoms. The lowest BCUT2D eigenvalue weighted by molar-refractivity contribution is 0.100. The van der Waals surface area contributed by atoms with Gasteiger partial charge in [-0.1, -0.05) is 30.3 Å². The molecule has 0 unspecified atom stereocenters. The summed E-state index contributed by atoms with van der Waals surface area (Å²) in [4.78, 5) is 15.8. The molecule has 0 fully saturated rings. The highest BCUT2D eigenvalue weighted by atomic mass is 16.1. The van der Waals surface area contributed by atoms with Crippen molar-refractivity contribution < 1.29 is 4.79 Å². The number of ketones is 1. The van der Waals surface area contributed by atoms with Gasteiger partial charge in [-0.2, -0.15) is 0 Å². The summed E-state index contributed by atoms with van der Waals surface area (Å²) in [6.07, 6.45) is 0.428. The summed E-state index contributed by atoms with van der Waals surface area (Å²) in [6.45, 7) is 4.61. The molecule has 0 amide bonds. The van der Waals surface area contributed by atoms with E-state index in [1.807, 2.05) is 44.2 Å². The largest absolute Gasteiger partial charge is 0.294 e. The Morgan fingerprint density at radius 3 is 2.50 bits per heavy atom. The predicted molar refractivity (Wildman–Crippen MR) is 59.0 cm³/mol. The number of rotatable bonds is 4.